The highest BCUT2D eigenvalue weighted by molar-refractivity contribution is 5.16. The number of hydrogen-bond acceptors (Lipinski definition) is 4. The zero-order chi connectivity index (χ0) is 15.5. The second-order valence-electron chi connectivity index (χ2n) is 5.07. The zero-order valence-corrected chi connectivity index (χ0v) is 12.8. The van der Waals surface area contributed by atoms with Crippen LogP contribution in [0.2, 0.25) is 0 Å². The van der Waals surface area contributed by atoms with E-state index in [1.165, 1.54) is 12.1 Å². The maximum Gasteiger partial charge on any atom is 0.123 e. The summed E-state index contributed by atoms with van der Waals surface area (Å²) in [4.78, 5) is 0. The average molecular weight is 299 g/mol. The van der Waals surface area contributed by atoms with Crippen molar-refractivity contribution in [3.63, 3.8) is 0 Å². The van der Waals surface area contributed by atoms with Gasteiger partial charge in [-0.25, -0.2) is 4.39 Å². The van der Waals surface area contributed by atoms with Crippen LogP contribution < -0.4 is 5.32 Å². The smallest absolute Gasteiger partial charge is 0.123 e. The topological polar surface area (TPSA) is 50.7 Å². The first-order valence-electron chi connectivity index (χ1n) is 7.43. The molecule has 5 heteroatoms. The van der Waals surface area contributed by atoms with Gasteiger partial charge in [-0.1, -0.05) is 12.1 Å². The Bertz CT molecular complexity index is 372. The summed E-state index contributed by atoms with van der Waals surface area (Å²) in [6.07, 6.45) is 0.250. The van der Waals surface area contributed by atoms with Crippen LogP contribution in [-0.4, -0.2) is 50.2 Å². The molecule has 0 spiro atoms. The molecule has 2 atom stereocenters. The Balaban J connectivity index is 2.11. The van der Waals surface area contributed by atoms with Gasteiger partial charge in [0.25, 0.3) is 0 Å². The monoisotopic (exact) mass is 299 g/mol. The molecule has 2 unspecified atom stereocenters. The fourth-order valence-corrected chi connectivity index (χ4v) is 1.92. The first-order valence-corrected chi connectivity index (χ1v) is 7.43. The summed E-state index contributed by atoms with van der Waals surface area (Å²) < 4.78 is 23.2. The number of halogens is 1. The number of nitrogens with one attached hydrogen (secondary N) is 1. The Morgan fingerprint density at radius 1 is 1.19 bits per heavy atom. The number of rotatable bonds is 11. The third-order valence-corrected chi connectivity index (χ3v) is 3.04. The lowest BCUT2D eigenvalue weighted by Crippen LogP contribution is -2.37. The van der Waals surface area contributed by atoms with Gasteiger partial charge in [0.05, 0.1) is 25.9 Å². The first-order chi connectivity index (χ1) is 10.1. The van der Waals surface area contributed by atoms with Crippen molar-refractivity contribution < 1.29 is 19.0 Å². The minimum absolute atomic E-state index is 0.202. The van der Waals surface area contributed by atoms with Gasteiger partial charge in [0.15, 0.2) is 0 Å². The van der Waals surface area contributed by atoms with Gasteiger partial charge in [0, 0.05) is 19.2 Å². The van der Waals surface area contributed by atoms with Crippen molar-refractivity contribution in [1.82, 2.24) is 5.32 Å². The normalized spacial score (nSPS) is 14.1. The van der Waals surface area contributed by atoms with Crippen LogP contribution in [0.1, 0.15) is 19.4 Å². The minimum Gasteiger partial charge on any atom is -0.389 e. The van der Waals surface area contributed by atoms with E-state index in [0.29, 0.717) is 33.0 Å². The van der Waals surface area contributed by atoms with Gasteiger partial charge >= 0.3 is 0 Å². The molecule has 0 aliphatic heterocycles. The maximum absolute atomic E-state index is 12.8. The fourth-order valence-electron chi connectivity index (χ4n) is 1.92. The highest BCUT2D eigenvalue weighted by atomic mass is 19.1. The summed E-state index contributed by atoms with van der Waals surface area (Å²) in [6.45, 7) is 6.45. The average Bonchev–Trinajstić information content (AvgIpc) is 2.47. The van der Waals surface area contributed by atoms with E-state index in [1.54, 1.807) is 12.1 Å². The molecule has 1 aromatic rings. The molecule has 0 amide bonds. The molecular weight excluding hydrogens is 273 g/mol. The summed E-state index contributed by atoms with van der Waals surface area (Å²) in [5.41, 5.74) is 1.07. The molecule has 0 fully saturated rings. The lowest BCUT2D eigenvalue weighted by Gasteiger charge is -2.17. The fraction of sp³-hybridized carbons (Fsp3) is 0.625. The lowest BCUT2D eigenvalue weighted by molar-refractivity contribution is 0.00588. The minimum atomic E-state index is -0.540. The van der Waals surface area contributed by atoms with Crippen molar-refractivity contribution in [3.05, 3.63) is 35.6 Å². The summed E-state index contributed by atoms with van der Waals surface area (Å²) in [6, 6.07) is 6.68. The van der Waals surface area contributed by atoms with Crippen molar-refractivity contribution in [1.29, 1.82) is 0 Å². The summed E-state index contributed by atoms with van der Waals surface area (Å²) >= 11 is 0. The number of aliphatic hydroxyl groups excluding tert-OH is 1. The molecular formula is C16H26FNO3. The lowest BCUT2D eigenvalue weighted by atomic mass is 10.1. The van der Waals surface area contributed by atoms with Gasteiger partial charge < -0.3 is 19.9 Å². The van der Waals surface area contributed by atoms with Crippen LogP contribution in [0.5, 0.6) is 0 Å². The molecule has 0 heterocycles. The van der Waals surface area contributed by atoms with E-state index in [2.05, 4.69) is 5.32 Å². The van der Waals surface area contributed by atoms with Gasteiger partial charge in [-0.3, -0.25) is 0 Å². The predicted molar refractivity (Wildman–Crippen MR) is 80.9 cm³/mol. The molecule has 0 saturated heterocycles. The molecule has 1 rings (SSSR count). The van der Waals surface area contributed by atoms with E-state index in [4.69, 9.17) is 9.47 Å². The van der Waals surface area contributed by atoms with E-state index in [-0.39, 0.29) is 11.9 Å². The van der Waals surface area contributed by atoms with Crippen LogP contribution in [0, 0.1) is 5.82 Å². The third kappa shape index (κ3) is 8.78. The first kappa shape index (κ1) is 18.0. The van der Waals surface area contributed by atoms with Crippen molar-refractivity contribution in [2.45, 2.75) is 32.4 Å². The van der Waals surface area contributed by atoms with E-state index in [0.717, 1.165) is 12.0 Å². The quantitative estimate of drug-likeness (QED) is 0.611. The molecule has 21 heavy (non-hydrogen) atoms. The zero-order valence-electron chi connectivity index (χ0n) is 12.8. The van der Waals surface area contributed by atoms with Crippen LogP contribution in [0.25, 0.3) is 0 Å². The van der Waals surface area contributed by atoms with E-state index in [9.17, 15) is 9.50 Å². The van der Waals surface area contributed by atoms with E-state index < -0.39 is 6.10 Å². The molecule has 4 nitrogen and oxygen atoms in total. The van der Waals surface area contributed by atoms with Crippen molar-refractivity contribution in [3.8, 4) is 0 Å². The van der Waals surface area contributed by atoms with Gasteiger partial charge in [-0.15, -0.1) is 0 Å². The van der Waals surface area contributed by atoms with Gasteiger partial charge in [-0.05, 0) is 38.0 Å². The molecule has 2 N–H and O–H groups in total. The Labute approximate surface area is 126 Å². The summed E-state index contributed by atoms with van der Waals surface area (Å²) in [5.74, 6) is -0.223. The van der Waals surface area contributed by atoms with Crippen molar-refractivity contribution in [2.24, 2.45) is 0 Å². The van der Waals surface area contributed by atoms with Crippen LogP contribution in [-0.2, 0) is 15.9 Å². The van der Waals surface area contributed by atoms with Crippen LogP contribution in [0.3, 0.4) is 0 Å². The van der Waals surface area contributed by atoms with Gasteiger partial charge in [-0.2, -0.15) is 0 Å². The second-order valence-corrected chi connectivity index (χ2v) is 5.07. The van der Waals surface area contributed by atoms with Crippen LogP contribution in [0.15, 0.2) is 24.3 Å². The maximum atomic E-state index is 12.8. The number of ether oxygens (including phenoxy) is 2. The molecule has 0 bridgehead atoms. The number of aliphatic hydroxyl groups is 1. The highest BCUT2D eigenvalue weighted by Gasteiger charge is 2.08. The third-order valence-electron chi connectivity index (χ3n) is 3.04. The predicted octanol–water partition coefficient (Wildman–Crippen LogP) is 1.76. The largest absolute Gasteiger partial charge is 0.389 e. The van der Waals surface area contributed by atoms with E-state index >= 15 is 0 Å². The molecule has 0 radical (unpaired) electrons. The SMILES string of the molecule is CCOCCOCC(O)CNC(C)Cc1ccc(F)cc1. The Morgan fingerprint density at radius 2 is 1.86 bits per heavy atom. The summed E-state index contributed by atoms with van der Waals surface area (Å²) in [5, 5.41) is 13.0. The van der Waals surface area contributed by atoms with Gasteiger partial charge in [0.2, 0.25) is 0 Å². The molecule has 0 aromatic heterocycles. The Hall–Kier alpha value is -1.01. The van der Waals surface area contributed by atoms with Crippen LogP contribution in [0.4, 0.5) is 4.39 Å². The highest BCUT2D eigenvalue weighted by Crippen LogP contribution is 2.05. The Kier molecular flexibility index (Phi) is 9.17. The number of hydrogen-bond donors (Lipinski definition) is 2. The van der Waals surface area contributed by atoms with Crippen molar-refractivity contribution >= 4 is 0 Å². The summed E-state index contributed by atoms with van der Waals surface area (Å²) in [7, 11) is 0. The second kappa shape index (κ2) is 10.7. The van der Waals surface area contributed by atoms with Crippen molar-refractivity contribution in [2.75, 3.05) is 33.0 Å². The molecule has 0 aliphatic carbocycles. The standard InChI is InChI=1S/C16H26FNO3/c1-3-20-8-9-21-12-16(19)11-18-13(2)10-14-4-6-15(17)7-5-14/h4-7,13,16,18-19H,3,8-12H2,1-2H3. The molecule has 120 valence electrons. The molecule has 1 aromatic carbocycles. The molecule has 0 saturated carbocycles. The van der Waals surface area contributed by atoms with E-state index in [1.807, 2.05) is 13.8 Å². The van der Waals surface area contributed by atoms with Crippen LogP contribution >= 0.6 is 0 Å². The number of benzene rings is 1. The van der Waals surface area contributed by atoms with Gasteiger partial charge in [0.1, 0.15) is 5.82 Å². The Morgan fingerprint density at radius 3 is 2.52 bits per heavy atom. The molecule has 0 aliphatic rings.